The van der Waals surface area contributed by atoms with Gasteiger partial charge in [-0.3, -0.25) is 5.32 Å². The largest absolute Gasteiger partial charge is 0.547 e. The maximum atomic E-state index is 12.3. The molecule has 0 unspecified atom stereocenters. The van der Waals surface area contributed by atoms with Gasteiger partial charge < -0.3 is 9.16 Å². The summed E-state index contributed by atoms with van der Waals surface area (Å²) in [5, 5.41) is 5.42. The Morgan fingerprint density at radius 1 is 1.07 bits per heavy atom. The second-order valence-electron chi connectivity index (χ2n) is 8.70. The highest BCUT2D eigenvalue weighted by Gasteiger charge is 2.22. The number of carbonyl (C=O) groups is 1. The number of amides is 1. The summed E-state index contributed by atoms with van der Waals surface area (Å²) < 4.78 is 11.6. The van der Waals surface area contributed by atoms with Crippen molar-refractivity contribution in [2.75, 3.05) is 10.6 Å². The molecule has 0 aliphatic heterocycles. The molecule has 2 aromatic carbocycles. The van der Waals surface area contributed by atoms with Crippen molar-refractivity contribution in [3.63, 3.8) is 0 Å². The molecule has 6 heteroatoms. The summed E-state index contributed by atoms with van der Waals surface area (Å²) in [5.74, 6) is 0.873. The molecule has 0 saturated carbocycles. The number of hydrogen-bond donors (Lipinski definition) is 1. The van der Waals surface area contributed by atoms with Gasteiger partial charge in [0, 0.05) is 16.1 Å². The zero-order valence-electron chi connectivity index (χ0n) is 17.3. The number of hydrogen-bond acceptors (Lipinski definition) is 3. The maximum Gasteiger partial charge on any atom is 0.412 e. The van der Waals surface area contributed by atoms with Crippen LogP contribution in [0.1, 0.15) is 40.2 Å². The van der Waals surface area contributed by atoms with Gasteiger partial charge in [0.2, 0.25) is 9.04 Å². The van der Waals surface area contributed by atoms with Crippen LogP contribution < -0.4 is 9.74 Å². The molecule has 2 rings (SSSR count). The Bertz CT molecular complexity index is 828. The summed E-state index contributed by atoms with van der Waals surface area (Å²) in [6.07, 6.45) is -0.465. The first-order valence-electron chi connectivity index (χ1n) is 9.23. The fourth-order valence-electron chi connectivity index (χ4n) is 2.67. The van der Waals surface area contributed by atoms with E-state index in [0.29, 0.717) is 5.33 Å². The minimum absolute atomic E-state index is 0.0307. The van der Waals surface area contributed by atoms with E-state index in [-0.39, 0.29) is 5.41 Å². The van der Waals surface area contributed by atoms with Gasteiger partial charge in [-0.05, 0) is 56.1 Å². The summed E-state index contributed by atoms with van der Waals surface area (Å²) in [7, 11) is -1.26. The lowest BCUT2D eigenvalue weighted by Gasteiger charge is -2.24. The van der Waals surface area contributed by atoms with Crippen LogP contribution in [0, 0.1) is 0 Å². The average molecular weight is 452 g/mol. The van der Waals surface area contributed by atoms with Crippen LogP contribution in [0.4, 0.5) is 10.5 Å². The zero-order valence-corrected chi connectivity index (χ0v) is 20.0. The molecule has 1 amide bonds. The quantitative estimate of drug-likeness (QED) is 0.433. The predicted molar refractivity (Wildman–Crippen MR) is 120 cm³/mol. The summed E-state index contributed by atoms with van der Waals surface area (Å²) in [6.45, 7) is 14.6. The number of rotatable bonds is 5. The molecular weight excluding hydrogens is 422 g/mol. The van der Waals surface area contributed by atoms with Crippen LogP contribution in [-0.2, 0) is 10.2 Å². The second kappa shape index (κ2) is 8.23. The molecular formula is C21H30BrNO3Si. The van der Waals surface area contributed by atoms with Crippen molar-refractivity contribution in [1.29, 1.82) is 0 Å². The molecule has 4 nitrogen and oxygen atoms in total. The molecule has 1 N–H and O–H groups in total. The third kappa shape index (κ3) is 5.72. The van der Waals surface area contributed by atoms with Crippen molar-refractivity contribution in [2.24, 2.45) is 0 Å². The van der Waals surface area contributed by atoms with Gasteiger partial charge in [-0.25, -0.2) is 4.79 Å². The van der Waals surface area contributed by atoms with Gasteiger partial charge >= 0.3 is 6.09 Å². The van der Waals surface area contributed by atoms with Gasteiger partial charge in [0.05, 0.1) is 5.69 Å². The standard InChI is InChI=1S/C21H30BrNO3Si/c1-20(2,3)14-8-9-15-16(12-14)18(26-27(6)7)11-10-17(15)23-19(24)25-21(4,5)13-22/h8-12,27H,13H2,1-7H3,(H,23,24). The van der Waals surface area contributed by atoms with Crippen molar-refractivity contribution in [1.82, 2.24) is 0 Å². The van der Waals surface area contributed by atoms with E-state index in [0.717, 1.165) is 22.2 Å². The maximum absolute atomic E-state index is 12.3. The molecule has 0 aliphatic rings. The molecule has 0 aliphatic carbocycles. The first-order chi connectivity index (χ1) is 12.4. The Morgan fingerprint density at radius 2 is 1.74 bits per heavy atom. The number of halogens is 1. The van der Waals surface area contributed by atoms with E-state index in [4.69, 9.17) is 9.16 Å². The van der Waals surface area contributed by atoms with Crippen molar-refractivity contribution in [2.45, 2.75) is 58.7 Å². The minimum atomic E-state index is -1.26. The Morgan fingerprint density at radius 3 is 2.30 bits per heavy atom. The topological polar surface area (TPSA) is 47.6 Å². The lowest BCUT2D eigenvalue weighted by molar-refractivity contribution is 0.0680. The van der Waals surface area contributed by atoms with E-state index in [1.54, 1.807) is 0 Å². The SMILES string of the molecule is C[SiH](C)Oc1ccc(NC(=O)OC(C)(C)CBr)c2ccc(C(C)(C)C)cc12. The normalized spacial score (nSPS) is 12.3. The lowest BCUT2D eigenvalue weighted by Crippen LogP contribution is -2.32. The molecule has 0 fully saturated rings. The van der Waals surface area contributed by atoms with Gasteiger partial charge in [0.15, 0.2) is 0 Å². The van der Waals surface area contributed by atoms with E-state index >= 15 is 0 Å². The fourth-order valence-corrected chi connectivity index (χ4v) is 3.50. The summed E-state index contributed by atoms with van der Waals surface area (Å²) in [4.78, 5) is 12.3. The van der Waals surface area contributed by atoms with Crippen LogP contribution in [0.3, 0.4) is 0 Å². The van der Waals surface area contributed by atoms with E-state index in [1.807, 2.05) is 26.0 Å². The Labute approximate surface area is 172 Å². The Kier molecular flexibility index (Phi) is 6.63. The highest BCUT2D eigenvalue weighted by molar-refractivity contribution is 9.09. The molecule has 0 atom stereocenters. The molecule has 148 valence electrons. The highest BCUT2D eigenvalue weighted by Crippen LogP contribution is 2.36. The van der Waals surface area contributed by atoms with Crippen LogP contribution >= 0.6 is 15.9 Å². The van der Waals surface area contributed by atoms with E-state index in [9.17, 15) is 4.79 Å². The molecule has 2 aromatic rings. The van der Waals surface area contributed by atoms with Gasteiger partial charge in [-0.2, -0.15) is 0 Å². The first-order valence-corrected chi connectivity index (χ1v) is 13.1. The summed E-state index contributed by atoms with van der Waals surface area (Å²) in [5.41, 5.74) is 1.40. The van der Waals surface area contributed by atoms with E-state index in [2.05, 4.69) is 73.3 Å². The monoisotopic (exact) mass is 451 g/mol. The lowest BCUT2D eigenvalue weighted by atomic mass is 9.85. The number of carbonyl (C=O) groups excluding carboxylic acids is 1. The van der Waals surface area contributed by atoms with Gasteiger partial charge in [0.25, 0.3) is 0 Å². The summed E-state index contributed by atoms with van der Waals surface area (Å²) >= 11 is 3.37. The van der Waals surface area contributed by atoms with Crippen molar-refractivity contribution in [3.05, 3.63) is 35.9 Å². The zero-order chi connectivity index (χ0) is 20.4. The Balaban J connectivity index is 2.48. The summed E-state index contributed by atoms with van der Waals surface area (Å²) in [6, 6.07) is 10.1. The molecule has 0 bridgehead atoms. The van der Waals surface area contributed by atoms with Crippen molar-refractivity contribution < 1.29 is 14.0 Å². The first kappa shape index (κ1) is 21.8. The molecule has 0 aromatic heterocycles. The van der Waals surface area contributed by atoms with Gasteiger partial charge in [-0.15, -0.1) is 0 Å². The second-order valence-corrected chi connectivity index (χ2v) is 11.6. The molecule has 27 heavy (non-hydrogen) atoms. The van der Waals surface area contributed by atoms with E-state index < -0.39 is 20.7 Å². The molecule has 0 spiro atoms. The third-order valence-corrected chi connectivity index (χ3v) is 6.21. The molecule has 0 radical (unpaired) electrons. The van der Waals surface area contributed by atoms with Crippen LogP contribution in [0.2, 0.25) is 13.1 Å². The predicted octanol–water partition coefficient (Wildman–Crippen LogP) is 6.22. The number of benzene rings is 2. The van der Waals surface area contributed by atoms with Gasteiger partial charge in [-0.1, -0.05) is 48.8 Å². The average Bonchev–Trinajstić information content (AvgIpc) is 2.55. The van der Waals surface area contributed by atoms with Crippen LogP contribution in [0.15, 0.2) is 30.3 Å². The highest BCUT2D eigenvalue weighted by atomic mass is 79.9. The van der Waals surface area contributed by atoms with Crippen molar-refractivity contribution in [3.8, 4) is 5.75 Å². The number of nitrogens with one attached hydrogen (secondary N) is 1. The van der Waals surface area contributed by atoms with Crippen LogP contribution in [0.25, 0.3) is 10.8 Å². The number of alkyl halides is 1. The number of anilines is 1. The number of ether oxygens (including phenoxy) is 1. The molecule has 0 saturated heterocycles. The number of fused-ring (bicyclic) bond motifs is 1. The van der Waals surface area contributed by atoms with Crippen LogP contribution in [0.5, 0.6) is 5.75 Å². The smallest absolute Gasteiger partial charge is 0.412 e. The molecule has 0 heterocycles. The third-order valence-electron chi connectivity index (χ3n) is 4.13. The van der Waals surface area contributed by atoms with E-state index in [1.165, 1.54) is 5.56 Å². The van der Waals surface area contributed by atoms with Crippen molar-refractivity contribution >= 4 is 47.5 Å². The minimum Gasteiger partial charge on any atom is -0.547 e. The Hall–Kier alpha value is -1.53. The fraction of sp³-hybridized carbons (Fsp3) is 0.476. The van der Waals surface area contributed by atoms with Crippen LogP contribution in [-0.4, -0.2) is 26.1 Å². The van der Waals surface area contributed by atoms with Gasteiger partial charge in [0.1, 0.15) is 11.4 Å².